The summed E-state index contributed by atoms with van der Waals surface area (Å²) in [5, 5.41) is 4.49. The van der Waals surface area contributed by atoms with Gasteiger partial charge in [0, 0.05) is 6.54 Å². The number of nitrogens with zero attached hydrogens (tertiary/aromatic N) is 2. The number of fused-ring (bicyclic) bond motifs is 1. The number of thiazole rings is 1. The first-order chi connectivity index (χ1) is 8.92. The molecule has 1 N–H and O–H groups in total. The number of para-hydroxylation sites is 1. The summed E-state index contributed by atoms with van der Waals surface area (Å²) in [6.45, 7) is 4.83. The van der Waals surface area contributed by atoms with Gasteiger partial charge in [-0.25, -0.2) is 4.98 Å². The van der Waals surface area contributed by atoms with Crippen molar-refractivity contribution >= 4 is 26.7 Å². The van der Waals surface area contributed by atoms with E-state index in [9.17, 15) is 0 Å². The second-order valence-corrected chi connectivity index (χ2v) is 5.85. The van der Waals surface area contributed by atoms with Crippen molar-refractivity contribution in [1.29, 1.82) is 0 Å². The normalized spacial score (nSPS) is 16.4. The summed E-state index contributed by atoms with van der Waals surface area (Å²) >= 11 is 1.74. The molecule has 0 saturated carbocycles. The lowest BCUT2D eigenvalue weighted by Gasteiger charge is -2.13. The molecule has 1 aliphatic rings. The van der Waals surface area contributed by atoms with E-state index in [1.165, 1.54) is 43.6 Å². The molecule has 1 aromatic carbocycles. The fourth-order valence-electron chi connectivity index (χ4n) is 2.45. The van der Waals surface area contributed by atoms with Gasteiger partial charge in [-0.1, -0.05) is 23.5 Å². The van der Waals surface area contributed by atoms with Crippen LogP contribution in [0.25, 0.3) is 10.2 Å². The van der Waals surface area contributed by atoms with Crippen LogP contribution in [0.4, 0.5) is 5.13 Å². The Kier molecular flexibility index (Phi) is 3.76. The third-order valence-electron chi connectivity index (χ3n) is 3.42. The van der Waals surface area contributed by atoms with Crippen molar-refractivity contribution in [3.8, 4) is 0 Å². The SMILES string of the molecule is c1ccc2sc(NCCCN3CCCC3)nc2c1. The van der Waals surface area contributed by atoms with Crippen LogP contribution in [0, 0.1) is 0 Å². The Balaban J connectivity index is 1.47. The molecule has 0 aliphatic carbocycles. The van der Waals surface area contributed by atoms with E-state index in [2.05, 4.69) is 33.4 Å². The fraction of sp³-hybridized carbons (Fsp3) is 0.500. The standard InChI is InChI=1S/C14H19N3S/c1-2-7-13-12(6-1)16-14(18-13)15-8-5-11-17-9-3-4-10-17/h1-2,6-7H,3-5,8-11H2,(H,15,16). The van der Waals surface area contributed by atoms with Gasteiger partial charge >= 0.3 is 0 Å². The van der Waals surface area contributed by atoms with E-state index < -0.39 is 0 Å². The van der Waals surface area contributed by atoms with Gasteiger partial charge in [0.25, 0.3) is 0 Å². The van der Waals surface area contributed by atoms with Crippen molar-refractivity contribution in [3.05, 3.63) is 24.3 Å². The first-order valence-electron chi connectivity index (χ1n) is 6.74. The van der Waals surface area contributed by atoms with Crippen molar-refractivity contribution in [2.75, 3.05) is 31.5 Å². The van der Waals surface area contributed by atoms with E-state index >= 15 is 0 Å². The molecule has 18 heavy (non-hydrogen) atoms. The van der Waals surface area contributed by atoms with E-state index in [0.717, 1.165) is 17.2 Å². The fourth-order valence-corrected chi connectivity index (χ4v) is 3.34. The Morgan fingerprint density at radius 2 is 2.06 bits per heavy atom. The van der Waals surface area contributed by atoms with Crippen LogP contribution in [0.15, 0.2) is 24.3 Å². The van der Waals surface area contributed by atoms with Gasteiger partial charge in [-0.05, 0) is 51.0 Å². The van der Waals surface area contributed by atoms with Gasteiger partial charge in [0.2, 0.25) is 0 Å². The van der Waals surface area contributed by atoms with Crippen LogP contribution in [-0.4, -0.2) is 36.1 Å². The Morgan fingerprint density at radius 1 is 1.22 bits per heavy atom. The summed E-state index contributed by atoms with van der Waals surface area (Å²) in [7, 11) is 0. The van der Waals surface area contributed by atoms with Crippen molar-refractivity contribution in [3.63, 3.8) is 0 Å². The molecule has 0 atom stereocenters. The highest BCUT2D eigenvalue weighted by Crippen LogP contribution is 2.25. The highest BCUT2D eigenvalue weighted by Gasteiger charge is 2.10. The maximum Gasteiger partial charge on any atom is 0.183 e. The number of nitrogens with one attached hydrogen (secondary N) is 1. The van der Waals surface area contributed by atoms with E-state index in [1.807, 2.05) is 6.07 Å². The molecule has 3 nitrogen and oxygen atoms in total. The molecular weight excluding hydrogens is 242 g/mol. The van der Waals surface area contributed by atoms with Crippen LogP contribution in [-0.2, 0) is 0 Å². The Labute approximate surface area is 112 Å². The van der Waals surface area contributed by atoms with Crippen LogP contribution in [0.2, 0.25) is 0 Å². The summed E-state index contributed by atoms with van der Waals surface area (Å²) in [6, 6.07) is 8.31. The van der Waals surface area contributed by atoms with Gasteiger partial charge in [0.05, 0.1) is 10.2 Å². The van der Waals surface area contributed by atoms with Gasteiger partial charge in [0.1, 0.15) is 0 Å². The highest BCUT2D eigenvalue weighted by molar-refractivity contribution is 7.22. The summed E-state index contributed by atoms with van der Waals surface area (Å²) in [6.07, 6.45) is 3.96. The molecule has 4 heteroatoms. The molecule has 0 radical (unpaired) electrons. The maximum absolute atomic E-state index is 4.58. The number of rotatable bonds is 5. The van der Waals surface area contributed by atoms with Gasteiger partial charge in [-0.3, -0.25) is 0 Å². The summed E-state index contributed by atoms with van der Waals surface area (Å²) in [4.78, 5) is 7.13. The van der Waals surface area contributed by atoms with Gasteiger partial charge in [-0.2, -0.15) is 0 Å². The van der Waals surface area contributed by atoms with Crippen molar-refractivity contribution in [2.45, 2.75) is 19.3 Å². The number of hydrogen-bond donors (Lipinski definition) is 1. The first kappa shape index (κ1) is 11.9. The summed E-state index contributed by atoms with van der Waals surface area (Å²) in [5.41, 5.74) is 1.10. The molecule has 96 valence electrons. The van der Waals surface area contributed by atoms with Crippen LogP contribution in [0.1, 0.15) is 19.3 Å². The average molecular weight is 261 g/mol. The number of likely N-dealkylation sites (tertiary alicyclic amines) is 1. The molecule has 1 aliphatic heterocycles. The van der Waals surface area contributed by atoms with E-state index in [1.54, 1.807) is 11.3 Å². The van der Waals surface area contributed by atoms with Crippen molar-refractivity contribution < 1.29 is 0 Å². The zero-order chi connectivity index (χ0) is 12.2. The summed E-state index contributed by atoms with van der Waals surface area (Å²) < 4.78 is 1.26. The molecule has 0 amide bonds. The minimum absolute atomic E-state index is 1.02. The minimum atomic E-state index is 1.02. The van der Waals surface area contributed by atoms with Crippen LogP contribution in [0.3, 0.4) is 0 Å². The van der Waals surface area contributed by atoms with E-state index in [-0.39, 0.29) is 0 Å². The molecule has 0 bridgehead atoms. The van der Waals surface area contributed by atoms with Crippen LogP contribution < -0.4 is 5.32 Å². The lowest BCUT2D eigenvalue weighted by Crippen LogP contribution is -2.22. The van der Waals surface area contributed by atoms with E-state index in [4.69, 9.17) is 0 Å². The van der Waals surface area contributed by atoms with Crippen LogP contribution in [0.5, 0.6) is 0 Å². The van der Waals surface area contributed by atoms with Gasteiger partial charge in [0.15, 0.2) is 5.13 Å². The Morgan fingerprint density at radius 3 is 2.89 bits per heavy atom. The smallest absolute Gasteiger partial charge is 0.183 e. The minimum Gasteiger partial charge on any atom is -0.361 e. The van der Waals surface area contributed by atoms with Gasteiger partial charge < -0.3 is 10.2 Å². The molecule has 0 spiro atoms. The van der Waals surface area contributed by atoms with Crippen molar-refractivity contribution in [1.82, 2.24) is 9.88 Å². The van der Waals surface area contributed by atoms with Gasteiger partial charge in [-0.15, -0.1) is 0 Å². The topological polar surface area (TPSA) is 28.2 Å². The second-order valence-electron chi connectivity index (χ2n) is 4.82. The van der Waals surface area contributed by atoms with Crippen LogP contribution >= 0.6 is 11.3 Å². The maximum atomic E-state index is 4.58. The molecule has 0 unspecified atom stereocenters. The van der Waals surface area contributed by atoms with E-state index in [0.29, 0.717) is 0 Å². The van der Waals surface area contributed by atoms with Crippen molar-refractivity contribution in [2.24, 2.45) is 0 Å². The second kappa shape index (κ2) is 5.67. The lowest BCUT2D eigenvalue weighted by molar-refractivity contribution is 0.337. The molecule has 2 aromatic rings. The zero-order valence-corrected chi connectivity index (χ0v) is 11.4. The monoisotopic (exact) mass is 261 g/mol. The number of benzene rings is 1. The molecular formula is C14H19N3S. The zero-order valence-electron chi connectivity index (χ0n) is 10.6. The Hall–Kier alpha value is -1.13. The number of aromatic nitrogens is 1. The largest absolute Gasteiger partial charge is 0.361 e. The molecule has 3 rings (SSSR count). The number of anilines is 1. The third-order valence-corrected chi connectivity index (χ3v) is 4.41. The predicted molar refractivity (Wildman–Crippen MR) is 78.4 cm³/mol. The molecule has 1 saturated heterocycles. The molecule has 1 aromatic heterocycles. The molecule has 2 heterocycles. The highest BCUT2D eigenvalue weighted by atomic mass is 32.1. The first-order valence-corrected chi connectivity index (χ1v) is 7.55. The number of hydrogen-bond acceptors (Lipinski definition) is 4. The third kappa shape index (κ3) is 2.82. The Bertz CT molecular complexity index is 469. The molecule has 1 fully saturated rings. The average Bonchev–Trinajstić information content (AvgIpc) is 3.03. The quantitative estimate of drug-likeness (QED) is 0.838. The summed E-state index contributed by atoms with van der Waals surface area (Å²) in [5.74, 6) is 0. The lowest BCUT2D eigenvalue weighted by atomic mass is 10.3. The predicted octanol–water partition coefficient (Wildman–Crippen LogP) is 3.19.